The number of hydrogen-bond acceptors (Lipinski definition) is 3. The molecule has 0 aliphatic carbocycles. The van der Waals surface area contributed by atoms with E-state index in [0.717, 1.165) is 10.3 Å². The second kappa shape index (κ2) is 4.30. The van der Waals surface area contributed by atoms with Gasteiger partial charge < -0.3 is 4.89 Å². The van der Waals surface area contributed by atoms with Gasteiger partial charge in [0.05, 0.1) is 0 Å². The van der Waals surface area contributed by atoms with E-state index in [-0.39, 0.29) is 0 Å². The van der Waals surface area contributed by atoms with Crippen molar-refractivity contribution in [3.63, 3.8) is 0 Å². The van der Waals surface area contributed by atoms with Crippen LogP contribution >= 0.6 is 8.03 Å². The third-order valence-corrected chi connectivity index (χ3v) is 3.74. The SMILES string of the molecule is O=C1c2cccc3cccc(c23)C(=O)N1C[PH](=O)O. The largest absolute Gasteiger partial charge is 0.345 e. The quantitative estimate of drug-likeness (QED) is 0.670. The Balaban J connectivity index is 2.28. The monoisotopic (exact) mass is 275 g/mol. The van der Waals surface area contributed by atoms with Crippen molar-refractivity contribution < 1.29 is 19.0 Å². The van der Waals surface area contributed by atoms with Crippen molar-refractivity contribution in [2.24, 2.45) is 0 Å². The minimum absolute atomic E-state index is 0.399. The Morgan fingerprint density at radius 2 is 1.53 bits per heavy atom. The minimum atomic E-state index is -2.93. The molecular weight excluding hydrogens is 265 g/mol. The molecule has 0 radical (unpaired) electrons. The van der Waals surface area contributed by atoms with Crippen LogP contribution in [0.4, 0.5) is 0 Å². The summed E-state index contributed by atoms with van der Waals surface area (Å²) in [4.78, 5) is 34.3. The van der Waals surface area contributed by atoms with Gasteiger partial charge in [-0.1, -0.05) is 24.3 Å². The highest BCUT2D eigenvalue weighted by Gasteiger charge is 2.33. The number of rotatable bonds is 2. The third-order valence-electron chi connectivity index (χ3n) is 3.15. The summed E-state index contributed by atoms with van der Waals surface area (Å²) in [5.41, 5.74) is 0.798. The van der Waals surface area contributed by atoms with Crippen LogP contribution in [-0.4, -0.2) is 27.9 Å². The Morgan fingerprint density at radius 3 is 2.00 bits per heavy atom. The molecular formula is C13H10NO4P. The van der Waals surface area contributed by atoms with Gasteiger partial charge in [0.1, 0.15) is 6.29 Å². The highest BCUT2D eigenvalue weighted by molar-refractivity contribution is 7.38. The molecule has 0 fully saturated rings. The van der Waals surface area contributed by atoms with Gasteiger partial charge in [-0.15, -0.1) is 0 Å². The lowest BCUT2D eigenvalue weighted by Crippen LogP contribution is -2.39. The van der Waals surface area contributed by atoms with Crippen LogP contribution in [0.3, 0.4) is 0 Å². The zero-order valence-electron chi connectivity index (χ0n) is 9.79. The van der Waals surface area contributed by atoms with E-state index >= 15 is 0 Å². The minimum Gasteiger partial charge on any atom is -0.345 e. The van der Waals surface area contributed by atoms with Crippen molar-refractivity contribution in [3.05, 3.63) is 47.5 Å². The average molecular weight is 275 g/mol. The number of carbonyl (C=O) groups excluding carboxylic acids is 2. The van der Waals surface area contributed by atoms with Gasteiger partial charge in [0.25, 0.3) is 11.8 Å². The highest BCUT2D eigenvalue weighted by Crippen LogP contribution is 2.31. The Bertz CT molecular complexity index is 690. The maximum Gasteiger partial charge on any atom is 0.261 e. The van der Waals surface area contributed by atoms with E-state index in [4.69, 9.17) is 4.89 Å². The first-order chi connectivity index (χ1) is 9.09. The lowest BCUT2D eigenvalue weighted by molar-refractivity contribution is 0.0635. The van der Waals surface area contributed by atoms with Crippen LogP contribution in [0.25, 0.3) is 10.8 Å². The van der Waals surface area contributed by atoms with Crippen LogP contribution in [0.2, 0.25) is 0 Å². The number of benzene rings is 2. The number of nitrogens with zero attached hydrogens (tertiary/aromatic N) is 1. The van der Waals surface area contributed by atoms with E-state index in [1.54, 1.807) is 24.3 Å². The van der Waals surface area contributed by atoms with E-state index < -0.39 is 26.1 Å². The maximum absolute atomic E-state index is 12.2. The molecule has 0 saturated heterocycles. The fraction of sp³-hybridized carbons (Fsp3) is 0.0769. The molecule has 2 amide bonds. The van der Waals surface area contributed by atoms with Gasteiger partial charge >= 0.3 is 0 Å². The molecule has 1 aliphatic heterocycles. The van der Waals surface area contributed by atoms with Gasteiger partial charge in [0.2, 0.25) is 8.03 Å². The molecule has 1 atom stereocenters. The van der Waals surface area contributed by atoms with Gasteiger partial charge in [0.15, 0.2) is 0 Å². The molecule has 19 heavy (non-hydrogen) atoms. The smallest absolute Gasteiger partial charge is 0.261 e. The van der Waals surface area contributed by atoms with Crippen LogP contribution in [0.1, 0.15) is 20.7 Å². The molecule has 1 aliphatic rings. The van der Waals surface area contributed by atoms with Crippen LogP contribution in [0, 0.1) is 0 Å². The molecule has 3 rings (SSSR count). The second-order valence-corrected chi connectivity index (χ2v) is 5.40. The fourth-order valence-corrected chi connectivity index (χ4v) is 2.92. The Kier molecular flexibility index (Phi) is 2.73. The normalized spacial score (nSPS) is 15.9. The second-order valence-electron chi connectivity index (χ2n) is 4.30. The first-order valence-electron chi connectivity index (χ1n) is 5.69. The summed E-state index contributed by atoms with van der Waals surface area (Å²) in [5, 5.41) is 1.43. The number of carbonyl (C=O) groups is 2. The summed E-state index contributed by atoms with van der Waals surface area (Å²) in [7, 11) is -2.93. The van der Waals surface area contributed by atoms with Crippen molar-refractivity contribution in [2.75, 3.05) is 6.29 Å². The Hall–Kier alpha value is -1.97. The lowest BCUT2D eigenvalue weighted by Gasteiger charge is -2.26. The molecule has 6 heteroatoms. The standard InChI is InChI=1S/C13H10NO4P/c15-12-9-5-1-3-8-4-2-6-10(11(8)9)13(16)14(12)7-19(17)18/h1-6,19H,7H2,(H,17,18). The van der Waals surface area contributed by atoms with E-state index in [1.165, 1.54) is 0 Å². The van der Waals surface area contributed by atoms with Crippen molar-refractivity contribution in [1.29, 1.82) is 0 Å². The Labute approximate surface area is 109 Å². The van der Waals surface area contributed by atoms with Crippen molar-refractivity contribution >= 4 is 30.6 Å². The lowest BCUT2D eigenvalue weighted by atomic mass is 9.94. The predicted octanol–water partition coefficient (Wildman–Crippen LogP) is 1.86. The molecule has 0 saturated carbocycles. The summed E-state index contributed by atoms with van der Waals surface area (Å²) in [5.74, 6) is -1.02. The van der Waals surface area contributed by atoms with Gasteiger partial charge in [-0.2, -0.15) is 0 Å². The third kappa shape index (κ3) is 1.79. The molecule has 1 heterocycles. The van der Waals surface area contributed by atoms with Crippen LogP contribution in [0.5, 0.6) is 0 Å². The predicted molar refractivity (Wildman–Crippen MR) is 70.5 cm³/mol. The first-order valence-corrected chi connectivity index (χ1v) is 7.25. The molecule has 1 N–H and O–H groups in total. The summed E-state index contributed by atoms with van der Waals surface area (Å²) in [6.07, 6.45) is -0.437. The van der Waals surface area contributed by atoms with Crippen LogP contribution < -0.4 is 0 Å². The number of amides is 2. The molecule has 2 aromatic rings. The molecule has 0 bridgehead atoms. The highest BCUT2D eigenvalue weighted by atomic mass is 31.1. The molecule has 1 unspecified atom stereocenters. The number of hydrogen-bond donors (Lipinski definition) is 1. The Morgan fingerprint density at radius 1 is 1.00 bits per heavy atom. The summed E-state index contributed by atoms with van der Waals surface area (Å²) < 4.78 is 11.0. The van der Waals surface area contributed by atoms with Crippen LogP contribution in [-0.2, 0) is 4.57 Å². The van der Waals surface area contributed by atoms with E-state index in [2.05, 4.69) is 0 Å². The van der Waals surface area contributed by atoms with E-state index in [9.17, 15) is 14.2 Å². The van der Waals surface area contributed by atoms with Gasteiger partial charge in [-0.3, -0.25) is 19.1 Å². The fourth-order valence-electron chi connectivity index (χ4n) is 2.36. The zero-order chi connectivity index (χ0) is 13.6. The molecule has 0 aromatic heterocycles. The maximum atomic E-state index is 12.2. The van der Waals surface area contributed by atoms with Crippen molar-refractivity contribution in [2.45, 2.75) is 0 Å². The molecule has 2 aromatic carbocycles. The van der Waals surface area contributed by atoms with Gasteiger partial charge in [-0.25, -0.2) is 0 Å². The summed E-state index contributed by atoms with van der Waals surface area (Å²) in [6.45, 7) is 0. The van der Waals surface area contributed by atoms with E-state index in [1.807, 2.05) is 12.1 Å². The average Bonchev–Trinajstić information content (AvgIpc) is 2.40. The summed E-state index contributed by atoms with van der Waals surface area (Å²) in [6, 6.07) is 10.4. The van der Waals surface area contributed by atoms with Gasteiger partial charge in [0, 0.05) is 16.5 Å². The number of imide groups is 1. The molecule has 0 spiro atoms. The topological polar surface area (TPSA) is 74.7 Å². The van der Waals surface area contributed by atoms with Crippen molar-refractivity contribution in [1.82, 2.24) is 4.90 Å². The van der Waals surface area contributed by atoms with Gasteiger partial charge in [-0.05, 0) is 17.5 Å². The first kappa shape index (κ1) is 12.1. The van der Waals surface area contributed by atoms with E-state index in [0.29, 0.717) is 16.5 Å². The van der Waals surface area contributed by atoms with Crippen molar-refractivity contribution in [3.8, 4) is 0 Å². The molecule has 5 nitrogen and oxygen atoms in total. The van der Waals surface area contributed by atoms with Crippen LogP contribution in [0.15, 0.2) is 36.4 Å². The zero-order valence-corrected chi connectivity index (χ0v) is 10.8. The summed E-state index contributed by atoms with van der Waals surface area (Å²) >= 11 is 0. The molecule has 96 valence electrons.